The van der Waals surface area contributed by atoms with Crippen molar-refractivity contribution in [3.05, 3.63) is 0 Å². The summed E-state index contributed by atoms with van der Waals surface area (Å²) >= 11 is -2.00. The number of rotatable bonds is 0. The van der Waals surface area contributed by atoms with Crippen molar-refractivity contribution in [2.24, 2.45) is 9.38 Å². The van der Waals surface area contributed by atoms with Crippen molar-refractivity contribution in [3.63, 3.8) is 0 Å². The zero-order chi connectivity index (χ0) is 4.50. The Morgan fingerprint density at radius 1 is 1.20 bits per heavy atom. The van der Waals surface area contributed by atoms with Crippen LogP contribution in [0.15, 0.2) is 0 Å². The molecule has 0 saturated carbocycles. The van der Waals surface area contributed by atoms with Crippen molar-refractivity contribution in [2.45, 2.75) is 11.5 Å². The van der Waals surface area contributed by atoms with Crippen LogP contribution in [0.4, 0.5) is 0 Å². The molecule has 0 rings (SSSR count). The molecule has 0 aromatic heterocycles. The molecule has 0 aliphatic heterocycles. The van der Waals surface area contributed by atoms with Crippen LogP contribution in [0.25, 0.3) is 0 Å². The van der Waals surface area contributed by atoms with E-state index >= 15 is 0 Å². The van der Waals surface area contributed by atoms with Crippen molar-refractivity contribution in [1.82, 2.24) is 0 Å². The van der Waals surface area contributed by atoms with Gasteiger partial charge in [-0.05, 0) is 0 Å². The second-order valence-electron chi connectivity index (χ2n) is 1.82. The zero-order valence-electron chi connectivity index (χ0n) is 3.65. The van der Waals surface area contributed by atoms with Crippen molar-refractivity contribution >= 4 is 13.7 Å². The Hall–Kier alpha value is 0.463. The van der Waals surface area contributed by atoms with E-state index in [1.54, 1.807) is 0 Å². The van der Waals surface area contributed by atoms with Gasteiger partial charge in [-0.25, -0.2) is 0 Å². The van der Waals surface area contributed by atoms with Gasteiger partial charge in [0.05, 0.1) is 0 Å². The van der Waals surface area contributed by atoms with Gasteiger partial charge in [-0.1, -0.05) is 0 Å². The first kappa shape index (κ1) is 5.46. The van der Waals surface area contributed by atoms with Crippen molar-refractivity contribution in [1.29, 1.82) is 0 Å². The van der Waals surface area contributed by atoms with E-state index < -0.39 is 13.7 Å². The van der Waals surface area contributed by atoms with Crippen LogP contribution in [0.5, 0.6) is 0 Å². The monoisotopic (exact) mass is 136 g/mol. The molecule has 0 aromatic carbocycles. The average Bonchev–Trinajstić information content (AvgIpc) is 0.722. The van der Waals surface area contributed by atoms with Crippen molar-refractivity contribution in [2.75, 3.05) is 0 Å². The summed E-state index contributed by atoms with van der Waals surface area (Å²) in [6.07, 6.45) is 0. The fourth-order valence-electron chi connectivity index (χ4n) is 0. The summed E-state index contributed by atoms with van der Waals surface area (Å²) in [6, 6.07) is 0. The van der Waals surface area contributed by atoms with Crippen LogP contribution >= 0.6 is 0 Å². The standard InChI is InChI=1S/C2H10GeN2/c1-3(2,4)5/h4-5H2,1-2H3. The molecule has 0 aliphatic rings. The fraction of sp³-hybridized carbons (Fsp3) is 1.00. The number of hydrogen-bond donors (Lipinski definition) is 2. The molecule has 3 heteroatoms. The van der Waals surface area contributed by atoms with Gasteiger partial charge >= 0.3 is 34.6 Å². The summed E-state index contributed by atoms with van der Waals surface area (Å²) in [5.74, 6) is 3.86. The van der Waals surface area contributed by atoms with E-state index in [1.807, 2.05) is 11.5 Å². The first-order valence-electron chi connectivity index (χ1n) is 1.58. The Balaban J connectivity index is 3.02. The summed E-state index contributed by atoms with van der Waals surface area (Å²) in [5.41, 5.74) is 0. The molecular formula is C2H10GeN2. The van der Waals surface area contributed by atoms with Crippen molar-refractivity contribution < 1.29 is 0 Å². The summed E-state index contributed by atoms with van der Waals surface area (Å²) in [4.78, 5) is 0. The van der Waals surface area contributed by atoms with Gasteiger partial charge in [0, 0.05) is 0 Å². The molecule has 0 amide bonds. The van der Waals surface area contributed by atoms with E-state index in [1.165, 1.54) is 0 Å². The zero-order valence-corrected chi connectivity index (χ0v) is 5.75. The van der Waals surface area contributed by atoms with Gasteiger partial charge in [0.25, 0.3) is 0 Å². The van der Waals surface area contributed by atoms with Gasteiger partial charge in [-0.3, -0.25) is 0 Å². The maximum absolute atomic E-state index is 5.32. The normalized spacial score (nSPS) is 12.0. The minimum absolute atomic E-state index is 1.93. The van der Waals surface area contributed by atoms with E-state index in [-0.39, 0.29) is 0 Å². The molecule has 0 aromatic rings. The molecule has 0 radical (unpaired) electrons. The van der Waals surface area contributed by atoms with Crippen LogP contribution in [0.2, 0.25) is 11.5 Å². The number of nitrogens with two attached hydrogens (primary N) is 2. The third-order valence-corrected chi connectivity index (χ3v) is 0. The Bertz CT molecular complexity index is 23.1. The molecule has 0 fully saturated rings. The summed E-state index contributed by atoms with van der Waals surface area (Å²) < 4.78 is 10.6. The average molecular weight is 135 g/mol. The van der Waals surface area contributed by atoms with E-state index in [0.29, 0.717) is 0 Å². The van der Waals surface area contributed by atoms with Gasteiger partial charge in [0.2, 0.25) is 0 Å². The molecule has 0 unspecified atom stereocenters. The molecule has 0 aliphatic carbocycles. The van der Waals surface area contributed by atoms with Gasteiger partial charge < -0.3 is 0 Å². The Kier molecular flexibility index (Phi) is 1.40. The number of hydrogen-bond acceptors (Lipinski definition) is 2. The van der Waals surface area contributed by atoms with Gasteiger partial charge in [-0.2, -0.15) is 0 Å². The predicted octanol–water partition coefficient (Wildman–Crippen LogP) is -0.394. The van der Waals surface area contributed by atoms with Crippen LogP contribution in [0.1, 0.15) is 0 Å². The topological polar surface area (TPSA) is 52.0 Å². The Morgan fingerprint density at radius 2 is 1.20 bits per heavy atom. The molecule has 0 bridgehead atoms. The first-order chi connectivity index (χ1) is 2.00. The molecule has 0 spiro atoms. The molecule has 0 atom stereocenters. The van der Waals surface area contributed by atoms with Crippen LogP contribution < -0.4 is 9.38 Å². The van der Waals surface area contributed by atoms with Gasteiger partial charge in [0.1, 0.15) is 0 Å². The van der Waals surface area contributed by atoms with E-state index in [9.17, 15) is 0 Å². The van der Waals surface area contributed by atoms with E-state index in [2.05, 4.69) is 0 Å². The third kappa shape index (κ3) is 126. The molecular weight excluding hydrogens is 125 g/mol. The minimum atomic E-state index is -2.00. The van der Waals surface area contributed by atoms with Crippen LogP contribution in [-0.2, 0) is 0 Å². The molecule has 4 N–H and O–H groups in total. The quantitative estimate of drug-likeness (QED) is 0.444. The second-order valence-corrected chi connectivity index (χ2v) is 9.46. The summed E-state index contributed by atoms with van der Waals surface area (Å²) in [5, 5.41) is 0. The van der Waals surface area contributed by atoms with E-state index in [0.717, 1.165) is 0 Å². The first-order valence-corrected chi connectivity index (χ1v) is 8.20. The third-order valence-electron chi connectivity index (χ3n) is 0. The molecule has 2 nitrogen and oxygen atoms in total. The van der Waals surface area contributed by atoms with Gasteiger partial charge in [-0.15, -0.1) is 0 Å². The molecule has 0 saturated heterocycles. The van der Waals surface area contributed by atoms with Crippen LogP contribution in [0.3, 0.4) is 0 Å². The Labute approximate surface area is 35.3 Å². The summed E-state index contributed by atoms with van der Waals surface area (Å²) in [6.45, 7) is 0. The van der Waals surface area contributed by atoms with Crippen molar-refractivity contribution in [3.8, 4) is 0 Å². The molecule has 5 heavy (non-hydrogen) atoms. The van der Waals surface area contributed by atoms with Crippen LogP contribution in [0, 0.1) is 0 Å². The Morgan fingerprint density at radius 3 is 1.20 bits per heavy atom. The maximum atomic E-state index is 5.32. The fourth-order valence-corrected chi connectivity index (χ4v) is 0. The SMILES string of the molecule is [CH3][Ge]([CH3])([NH2])[NH2]. The van der Waals surface area contributed by atoms with E-state index in [4.69, 9.17) is 9.38 Å². The van der Waals surface area contributed by atoms with Crippen LogP contribution in [-0.4, -0.2) is 13.7 Å². The van der Waals surface area contributed by atoms with Gasteiger partial charge in [0.15, 0.2) is 0 Å². The predicted molar refractivity (Wildman–Crippen MR) is 25.9 cm³/mol. The molecule has 0 heterocycles. The second kappa shape index (κ2) is 1.28. The summed E-state index contributed by atoms with van der Waals surface area (Å²) in [7, 11) is 0. The molecule has 32 valence electrons.